The molecule has 1 atom stereocenters. The van der Waals surface area contributed by atoms with Crippen LogP contribution in [0.2, 0.25) is 0 Å². The van der Waals surface area contributed by atoms with Gasteiger partial charge in [0.1, 0.15) is 6.29 Å². The second-order valence-electron chi connectivity index (χ2n) is 5.21. The molecular weight excluding hydrogens is 264 g/mol. The first-order valence-corrected chi connectivity index (χ1v) is 7.59. The Labute approximate surface area is 127 Å². The van der Waals surface area contributed by atoms with Gasteiger partial charge in [-0.15, -0.1) is 0 Å². The molecule has 1 aromatic rings. The van der Waals surface area contributed by atoms with E-state index < -0.39 is 0 Å². The Kier molecular flexibility index (Phi) is 8.10. The SMILES string of the molecule is CCCCCC[C@@H](C)OC(=O)/C=C/c1ccc(C=O)cc1. The van der Waals surface area contributed by atoms with E-state index in [0.29, 0.717) is 5.56 Å². The Bertz CT molecular complexity index is 460. The van der Waals surface area contributed by atoms with Crippen LogP contribution in [0.3, 0.4) is 0 Å². The van der Waals surface area contributed by atoms with Crippen LogP contribution in [0.1, 0.15) is 61.9 Å². The molecule has 1 rings (SSSR count). The molecule has 0 radical (unpaired) electrons. The fourth-order valence-corrected chi connectivity index (χ4v) is 2.01. The lowest BCUT2D eigenvalue weighted by atomic mass is 10.1. The van der Waals surface area contributed by atoms with Gasteiger partial charge in [0.05, 0.1) is 6.10 Å². The van der Waals surface area contributed by atoms with Crippen LogP contribution in [0.5, 0.6) is 0 Å². The fraction of sp³-hybridized carbons (Fsp3) is 0.444. The molecule has 0 aliphatic rings. The van der Waals surface area contributed by atoms with Gasteiger partial charge in [0, 0.05) is 11.6 Å². The highest BCUT2D eigenvalue weighted by molar-refractivity contribution is 5.87. The number of ether oxygens (including phenoxy) is 1. The molecule has 0 unspecified atom stereocenters. The average molecular weight is 288 g/mol. The molecule has 0 heterocycles. The lowest BCUT2D eigenvalue weighted by molar-refractivity contribution is -0.142. The van der Waals surface area contributed by atoms with Crippen molar-refractivity contribution in [3.8, 4) is 0 Å². The molecule has 0 saturated carbocycles. The van der Waals surface area contributed by atoms with E-state index in [9.17, 15) is 9.59 Å². The number of benzene rings is 1. The van der Waals surface area contributed by atoms with E-state index in [1.807, 2.05) is 6.92 Å². The van der Waals surface area contributed by atoms with Gasteiger partial charge in [-0.2, -0.15) is 0 Å². The van der Waals surface area contributed by atoms with Crippen LogP contribution >= 0.6 is 0 Å². The molecule has 0 saturated heterocycles. The predicted molar refractivity (Wildman–Crippen MR) is 85.2 cm³/mol. The highest BCUT2D eigenvalue weighted by Gasteiger charge is 2.06. The topological polar surface area (TPSA) is 43.4 Å². The molecule has 0 spiro atoms. The van der Waals surface area contributed by atoms with Crippen molar-refractivity contribution in [2.24, 2.45) is 0 Å². The Hall–Kier alpha value is -1.90. The van der Waals surface area contributed by atoms with Gasteiger partial charge in [-0.3, -0.25) is 4.79 Å². The van der Waals surface area contributed by atoms with E-state index in [-0.39, 0.29) is 12.1 Å². The van der Waals surface area contributed by atoms with Crippen LogP contribution < -0.4 is 0 Å². The van der Waals surface area contributed by atoms with Crippen LogP contribution in [0.25, 0.3) is 6.08 Å². The smallest absolute Gasteiger partial charge is 0.331 e. The van der Waals surface area contributed by atoms with E-state index in [1.165, 1.54) is 25.3 Å². The van der Waals surface area contributed by atoms with E-state index in [0.717, 1.165) is 24.7 Å². The molecule has 114 valence electrons. The van der Waals surface area contributed by atoms with Crippen LogP contribution in [0.15, 0.2) is 30.3 Å². The summed E-state index contributed by atoms with van der Waals surface area (Å²) in [5.74, 6) is -0.322. The molecule has 0 aromatic heterocycles. The van der Waals surface area contributed by atoms with Crippen LogP contribution in [0, 0.1) is 0 Å². The summed E-state index contributed by atoms with van der Waals surface area (Å²) in [6.45, 7) is 4.10. The van der Waals surface area contributed by atoms with Crippen molar-refractivity contribution in [3.63, 3.8) is 0 Å². The lowest BCUT2D eigenvalue weighted by Gasteiger charge is -2.11. The van der Waals surface area contributed by atoms with Crippen molar-refractivity contribution in [1.82, 2.24) is 0 Å². The van der Waals surface area contributed by atoms with Crippen LogP contribution in [-0.2, 0) is 9.53 Å². The summed E-state index contributed by atoms with van der Waals surface area (Å²) in [6.07, 6.45) is 9.51. The van der Waals surface area contributed by atoms with Gasteiger partial charge >= 0.3 is 5.97 Å². The second kappa shape index (κ2) is 9.92. The number of aldehydes is 1. The van der Waals surface area contributed by atoms with Crippen molar-refractivity contribution in [3.05, 3.63) is 41.5 Å². The molecule has 3 heteroatoms. The highest BCUT2D eigenvalue weighted by Crippen LogP contribution is 2.09. The summed E-state index contributed by atoms with van der Waals surface area (Å²) in [6, 6.07) is 7.02. The minimum absolute atomic E-state index is 0.0450. The first-order chi connectivity index (χ1) is 10.2. The van der Waals surface area contributed by atoms with E-state index in [1.54, 1.807) is 30.3 Å². The van der Waals surface area contributed by atoms with Gasteiger partial charge in [-0.25, -0.2) is 4.79 Å². The molecule has 0 amide bonds. The molecule has 0 aliphatic heterocycles. The van der Waals surface area contributed by atoms with Gasteiger partial charge in [-0.1, -0.05) is 50.5 Å². The summed E-state index contributed by atoms with van der Waals surface area (Å²) in [5, 5.41) is 0. The number of hydrogen-bond donors (Lipinski definition) is 0. The number of rotatable bonds is 9. The van der Waals surface area contributed by atoms with Gasteiger partial charge in [-0.05, 0) is 31.4 Å². The molecule has 3 nitrogen and oxygen atoms in total. The summed E-state index contributed by atoms with van der Waals surface area (Å²) in [7, 11) is 0. The molecular formula is C18H24O3. The predicted octanol–water partition coefficient (Wildman–Crippen LogP) is 4.41. The van der Waals surface area contributed by atoms with E-state index in [4.69, 9.17) is 4.74 Å². The molecule has 1 aromatic carbocycles. The maximum absolute atomic E-state index is 11.7. The fourth-order valence-electron chi connectivity index (χ4n) is 2.01. The third-order valence-electron chi connectivity index (χ3n) is 3.27. The highest BCUT2D eigenvalue weighted by atomic mass is 16.5. The zero-order chi connectivity index (χ0) is 15.5. The molecule has 0 fully saturated rings. The van der Waals surface area contributed by atoms with Crippen molar-refractivity contribution in [2.75, 3.05) is 0 Å². The second-order valence-corrected chi connectivity index (χ2v) is 5.21. The summed E-state index contributed by atoms with van der Waals surface area (Å²) in [4.78, 5) is 22.2. The Balaban J connectivity index is 2.34. The molecule has 21 heavy (non-hydrogen) atoms. The number of unbranched alkanes of at least 4 members (excludes halogenated alkanes) is 3. The number of carbonyl (C=O) groups is 2. The largest absolute Gasteiger partial charge is 0.460 e. The van der Waals surface area contributed by atoms with Crippen molar-refractivity contribution < 1.29 is 14.3 Å². The Morgan fingerprint density at radius 3 is 2.43 bits per heavy atom. The zero-order valence-corrected chi connectivity index (χ0v) is 12.9. The molecule has 0 aliphatic carbocycles. The third-order valence-corrected chi connectivity index (χ3v) is 3.27. The van der Waals surface area contributed by atoms with Gasteiger partial charge in [0.15, 0.2) is 0 Å². The number of hydrogen-bond acceptors (Lipinski definition) is 3. The van der Waals surface area contributed by atoms with Crippen LogP contribution in [-0.4, -0.2) is 18.4 Å². The van der Waals surface area contributed by atoms with E-state index >= 15 is 0 Å². The monoisotopic (exact) mass is 288 g/mol. The quantitative estimate of drug-likeness (QED) is 0.292. The van der Waals surface area contributed by atoms with E-state index in [2.05, 4.69) is 6.92 Å². The normalized spacial score (nSPS) is 12.3. The van der Waals surface area contributed by atoms with Crippen LogP contribution in [0.4, 0.5) is 0 Å². The third kappa shape index (κ3) is 7.45. The standard InChI is InChI=1S/C18H24O3/c1-3-4-5-6-7-15(2)21-18(20)13-12-16-8-10-17(14-19)11-9-16/h8-15H,3-7H2,1-2H3/b13-12+/t15-/m1/s1. The minimum Gasteiger partial charge on any atom is -0.460 e. The minimum atomic E-state index is -0.322. The summed E-state index contributed by atoms with van der Waals surface area (Å²) in [5.41, 5.74) is 1.49. The zero-order valence-electron chi connectivity index (χ0n) is 12.9. The lowest BCUT2D eigenvalue weighted by Crippen LogP contribution is -2.12. The maximum Gasteiger partial charge on any atom is 0.331 e. The maximum atomic E-state index is 11.7. The number of carbonyl (C=O) groups excluding carboxylic acids is 2. The first-order valence-electron chi connectivity index (χ1n) is 7.59. The molecule has 0 bridgehead atoms. The molecule has 0 N–H and O–H groups in total. The van der Waals surface area contributed by atoms with Gasteiger partial charge in [0.25, 0.3) is 0 Å². The Morgan fingerprint density at radius 2 is 1.81 bits per heavy atom. The van der Waals surface area contributed by atoms with Crippen molar-refractivity contribution >= 4 is 18.3 Å². The first kappa shape index (κ1) is 17.2. The van der Waals surface area contributed by atoms with Gasteiger partial charge < -0.3 is 4.74 Å². The summed E-state index contributed by atoms with van der Waals surface area (Å²) < 4.78 is 5.32. The Morgan fingerprint density at radius 1 is 1.14 bits per heavy atom. The van der Waals surface area contributed by atoms with Crippen molar-refractivity contribution in [1.29, 1.82) is 0 Å². The summed E-state index contributed by atoms with van der Waals surface area (Å²) >= 11 is 0. The van der Waals surface area contributed by atoms with Crippen molar-refractivity contribution in [2.45, 2.75) is 52.1 Å². The number of esters is 1. The van der Waals surface area contributed by atoms with Gasteiger partial charge in [0.2, 0.25) is 0 Å². The average Bonchev–Trinajstić information content (AvgIpc) is 2.50.